The van der Waals surface area contributed by atoms with Crippen molar-refractivity contribution in [1.29, 1.82) is 0 Å². The van der Waals surface area contributed by atoms with Crippen LogP contribution >= 0.6 is 15.9 Å². The molecule has 0 atom stereocenters. The average Bonchev–Trinajstić information content (AvgIpc) is 2.03. The number of hydrogen-bond acceptors (Lipinski definition) is 3. The molecule has 0 fully saturated rings. The first-order chi connectivity index (χ1) is 5.91. The fourth-order valence-corrected chi connectivity index (χ4v) is 0.634. The van der Waals surface area contributed by atoms with Gasteiger partial charge in [0.05, 0.1) is 12.4 Å². The quantitative estimate of drug-likeness (QED) is 0.650. The van der Waals surface area contributed by atoms with Gasteiger partial charge in [0.1, 0.15) is 10.3 Å². The zero-order chi connectivity index (χ0) is 10.1. The Bertz CT molecular complexity index is 322. The van der Waals surface area contributed by atoms with Crippen LogP contribution in [-0.2, 0) is 0 Å². The topological polar surface area (TPSA) is 42.9 Å². The summed E-state index contributed by atoms with van der Waals surface area (Å²) in [5.74, 6) is -0.993. The molecule has 0 aliphatic carbocycles. The molecule has 0 amide bonds. The van der Waals surface area contributed by atoms with E-state index in [0.717, 1.165) is 6.20 Å². The Balaban J connectivity index is 2.97. The zero-order valence-electron chi connectivity index (χ0n) is 7.84. The van der Waals surface area contributed by atoms with Crippen LogP contribution in [0.4, 0.5) is 0 Å². The highest BCUT2D eigenvalue weighted by molar-refractivity contribution is 9.10. The van der Waals surface area contributed by atoms with Crippen LogP contribution in [0.5, 0.6) is 0 Å². The van der Waals surface area contributed by atoms with Crippen LogP contribution in [0.1, 0.15) is 21.5 Å². The molecule has 0 aliphatic heterocycles. The molecule has 0 bridgehead atoms. The highest BCUT2D eigenvalue weighted by Crippen LogP contribution is 2.02. The molecule has 0 unspecified atom stereocenters. The minimum Gasteiger partial charge on any atom is -0.293 e. The van der Waals surface area contributed by atoms with Crippen LogP contribution in [-0.4, -0.2) is 15.8 Å². The molecule has 3 nitrogen and oxygen atoms in total. The number of Topliss-reactive ketones (excluding diaryl/α,β-unsaturated/α-hetero) is 1. The van der Waals surface area contributed by atoms with E-state index in [0.29, 0.717) is 4.60 Å². The van der Waals surface area contributed by atoms with Gasteiger partial charge in [0.15, 0.2) is 5.78 Å². The van der Waals surface area contributed by atoms with E-state index in [2.05, 4.69) is 25.9 Å². The Labute approximate surface area is 70.8 Å². The summed E-state index contributed by atoms with van der Waals surface area (Å²) in [4.78, 5) is 18.4. The van der Waals surface area contributed by atoms with E-state index in [9.17, 15) is 4.79 Å². The lowest BCUT2D eigenvalue weighted by atomic mass is 10.3. The predicted molar refractivity (Wildman–Crippen MR) is 39.7 cm³/mol. The second-order valence-electron chi connectivity index (χ2n) is 1.55. The number of carbonyl (C=O) groups is 1. The van der Waals surface area contributed by atoms with Gasteiger partial charge in [-0.15, -0.1) is 0 Å². The first kappa shape index (κ1) is 4.18. The Morgan fingerprint density at radius 2 is 2.50 bits per heavy atom. The number of carbonyl (C=O) groups excluding carboxylic acids is 1. The van der Waals surface area contributed by atoms with Crippen molar-refractivity contribution in [1.82, 2.24) is 9.97 Å². The number of aromatic nitrogens is 2. The van der Waals surface area contributed by atoms with Crippen molar-refractivity contribution in [3.8, 4) is 0 Å². The first-order valence-corrected chi connectivity index (χ1v) is 3.23. The van der Waals surface area contributed by atoms with Gasteiger partial charge in [-0.2, -0.15) is 0 Å². The third-order valence-corrected chi connectivity index (χ3v) is 1.26. The van der Waals surface area contributed by atoms with E-state index in [-0.39, 0.29) is 5.69 Å². The molecule has 0 radical (unpaired) electrons. The summed E-state index contributed by atoms with van der Waals surface area (Å²) in [5, 5.41) is 0. The Kier molecular flexibility index (Phi) is 1.20. The molecule has 0 aliphatic rings. The minimum absolute atomic E-state index is 0.150. The van der Waals surface area contributed by atoms with Crippen LogP contribution in [0, 0.1) is 0 Å². The van der Waals surface area contributed by atoms with Gasteiger partial charge in [0.2, 0.25) is 0 Å². The molecule has 4 heteroatoms. The Hall–Kier alpha value is -0.770. The average molecular weight is 204 g/mol. The molecular formula is C6H5BrN2O. The van der Waals surface area contributed by atoms with Crippen molar-refractivity contribution in [2.24, 2.45) is 0 Å². The van der Waals surface area contributed by atoms with Crippen LogP contribution in [0.3, 0.4) is 0 Å². The van der Waals surface area contributed by atoms with Gasteiger partial charge in [0.25, 0.3) is 0 Å². The van der Waals surface area contributed by atoms with Gasteiger partial charge in [0, 0.05) is 11.0 Å². The minimum atomic E-state index is -2.65. The number of hydrogen-bond donors (Lipinski definition) is 0. The molecule has 0 N–H and O–H groups in total. The maximum absolute atomic E-state index is 11.1. The number of halogens is 1. The van der Waals surface area contributed by atoms with Crippen LogP contribution in [0.25, 0.3) is 0 Å². The lowest BCUT2D eigenvalue weighted by molar-refractivity contribution is 0.101. The molecular weight excluding hydrogens is 196 g/mol. The third kappa shape index (κ3) is 1.60. The van der Waals surface area contributed by atoms with Crippen molar-refractivity contribution in [3.63, 3.8) is 0 Å². The summed E-state index contributed by atoms with van der Waals surface area (Å²) >= 11 is 3.02. The van der Waals surface area contributed by atoms with Crippen molar-refractivity contribution < 1.29 is 8.91 Å². The molecule has 1 heterocycles. The summed E-state index contributed by atoms with van der Waals surface area (Å²) in [6, 6.07) is 0. The number of rotatable bonds is 1. The summed E-state index contributed by atoms with van der Waals surface area (Å²) in [5.41, 5.74) is -0.150. The lowest BCUT2D eigenvalue weighted by Crippen LogP contribution is -1.96. The van der Waals surface area contributed by atoms with E-state index >= 15 is 0 Å². The van der Waals surface area contributed by atoms with Crippen molar-refractivity contribution >= 4 is 21.7 Å². The van der Waals surface area contributed by atoms with E-state index in [1.807, 2.05) is 0 Å². The van der Waals surface area contributed by atoms with Gasteiger partial charge >= 0.3 is 0 Å². The van der Waals surface area contributed by atoms with Gasteiger partial charge in [-0.05, 0) is 15.9 Å². The molecule has 0 saturated carbocycles. The second kappa shape index (κ2) is 2.88. The standard InChI is InChI=1S/C6H5BrN2O/c1-4(10)5-2-9-6(7)3-8-5/h2-3H,1H3/i1D3. The van der Waals surface area contributed by atoms with Gasteiger partial charge in [-0.3, -0.25) is 4.79 Å². The smallest absolute Gasteiger partial charge is 0.179 e. The fourth-order valence-electron chi connectivity index (χ4n) is 0.430. The van der Waals surface area contributed by atoms with E-state index < -0.39 is 12.6 Å². The largest absolute Gasteiger partial charge is 0.293 e. The van der Waals surface area contributed by atoms with Crippen molar-refractivity contribution in [2.75, 3.05) is 0 Å². The fraction of sp³-hybridized carbons (Fsp3) is 0.167. The highest BCUT2D eigenvalue weighted by atomic mass is 79.9. The molecule has 1 aromatic rings. The summed E-state index contributed by atoms with van der Waals surface area (Å²) in [7, 11) is 0. The maximum Gasteiger partial charge on any atom is 0.179 e. The molecule has 0 aromatic carbocycles. The van der Waals surface area contributed by atoms with Gasteiger partial charge in [-0.25, -0.2) is 9.97 Å². The second-order valence-corrected chi connectivity index (χ2v) is 2.37. The van der Waals surface area contributed by atoms with Crippen LogP contribution < -0.4 is 0 Å². The van der Waals surface area contributed by atoms with E-state index in [1.54, 1.807) is 0 Å². The van der Waals surface area contributed by atoms with Crippen LogP contribution in [0.15, 0.2) is 17.0 Å². The van der Waals surface area contributed by atoms with Crippen molar-refractivity contribution in [2.45, 2.75) is 6.85 Å². The SMILES string of the molecule is [2H]C([2H])([2H])C(=O)c1cnc(Br)cn1. The van der Waals surface area contributed by atoms with E-state index in [4.69, 9.17) is 4.11 Å². The number of ketones is 1. The molecule has 1 rings (SSSR count). The summed E-state index contributed by atoms with van der Waals surface area (Å²) in [6.45, 7) is -2.65. The van der Waals surface area contributed by atoms with Gasteiger partial charge < -0.3 is 0 Å². The summed E-state index contributed by atoms with van der Waals surface area (Å²) in [6.07, 6.45) is 2.40. The molecule has 0 saturated heterocycles. The highest BCUT2D eigenvalue weighted by Gasteiger charge is 1.98. The Morgan fingerprint density at radius 1 is 1.70 bits per heavy atom. The van der Waals surface area contributed by atoms with Gasteiger partial charge in [-0.1, -0.05) is 0 Å². The Morgan fingerprint density at radius 3 is 3.00 bits per heavy atom. The van der Waals surface area contributed by atoms with Crippen LogP contribution in [0.2, 0.25) is 0 Å². The monoisotopic (exact) mass is 203 g/mol. The predicted octanol–water partition coefficient (Wildman–Crippen LogP) is 1.44. The molecule has 0 spiro atoms. The summed E-state index contributed by atoms with van der Waals surface area (Å²) < 4.78 is 21.0. The van der Waals surface area contributed by atoms with Crippen molar-refractivity contribution in [3.05, 3.63) is 22.7 Å². The molecule has 52 valence electrons. The third-order valence-electron chi connectivity index (χ3n) is 0.853. The lowest BCUT2D eigenvalue weighted by Gasteiger charge is -1.91. The molecule has 1 aromatic heterocycles. The first-order valence-electron chi connectivity index (χ1n) is 3.93. The van der Waals surface area contributed by atoms with E-state index in [1.165, 1.54) is 6.20 Å². The maximum atomic E-state index is 11.1. The zero-order valence-corrected chi connectivity index (χ0v) is 6.42. The normalized spacial score (nSPS) is 15.1. The molecule has 10 heavy (non-hydrogen) atoms. The number of nitrogens with zero attached hydrogens (tertiary/aromatic N) is 2.